The second-order valence-corrected chi connectivity index (χ2v) is 10.0. The summed E-state index contributed by atoms with van der Waals surface area (Å²) in [4.78, 5) is 44.4. The van der Waals surface area contributed by atoms with Crippen LogP contribution >= 0.6 is 11.3 Å². The number of para-hydroxylation sites is 1. The number of likely N-dealkylation sites (tertiary alicyclic amines) is 1. The van der Waals surface area contributed by atoms with E-state index in [-0.39, 0.29) is 47.5 Å². The normalized spacial score (nSPS) is 16.5. The Kier molecular flexibility index (Phi) is 6.18. The Morgan fingerprint density at radius 1 is 1.24 bits per heavy atom. The van der Waals surface area contributed by atoms with Crippen molar-refractivity contribution in [3.8, 4) is 16.3 Å². The lowest BCUT2D eigenvalue weighted by molar-refractivity contribution is -0.117. The van der Waals surface area contributed by atoms with Crippen LogP contribution in [0, 0.1) is 11.8 Å². The van der Waals surface area contributed by atoms with Crippen molar-refractivity contribution in [3.63, 3.8) is 0 Å². The first-order valence-electron chi connectivity index (χ1n) is 13.4. The van der Waals surface area contributed by atoms with Crippen molar-refractivity contribution in [2.45, 2.75) is 12.8 Å². The molecule has 1 aromatic carbocycles. The number of nitrogens with zero attached hydrogens (tertiary/aromatic N) is 4. The zero-order chi connectivity index (χ0) is 29.3. The number of nitrogens with one attached hydrogen (secondary N) is 3. The molecule has 12 nitrogen and oxygen atoms in total. The lowest BCUT2D eigenvalue weighted by Gasteiger charge is -2.37. The van der Waals surface area contributed by atoms with Crippen molar-refractivity contribution in [1.82, 2.24) is 25.4 Å². The molecule has 2 aliphatic rings. The van der Waals surface area contributed by atoms with Crippen LogP contribution in [0.4, 0.5) is 17.2 Å². The van der Waals surface area contributed by atoms with Crippen molar-refractivity contribution in [2.75, 3.05) is 44.4 Å². The van der Waals surface area contributed by atoms with Crippen LogP contribution in [0.2, 0.25) is 0 Å². The van der Waals surface area contributed by atoms with E-state index >= 15 is 0 Å². The number of benzene rings is 1. The fraction of sp³-hybridized carbons (Fsp3) is 0.360. The quantitative estimate of drug-likeness (QED) is 0.319. The second-order valence-electron chi connectivity index (χ2n) is 9.01. The fourth-order valence-electron chi connectivity index (χ4n) is 4.02. The maximum Gasteiger partial charge on any atom is 0.273 e. The Morgan fingerprint density at radius 2 is 2.05 bits per heavy atom. The molecule has 1 saturated heterocycles. The van der Waals surface area contributed by atoms with E-state index < -0.39 is 12.9 Å². The molecule has 0 bridgehead atoms. The zero-order valence-electron chi connectivity index (χ0n) is 23.4. The van der Waals surface area contributed by atoms with Crippen molar-refractivity contribution in [2.24, 2.45) is 11.8 Å². The number of hydrogen-bond acceptors (Lipinski definition) is 10. The number of methoxy groups -OCH3 is 1. The van der Waals surface area contributed by atoms with E-state index in [9.17, 15) is 19.5 Å². The maximum atomic E-state index is 12.8. The molecule has 198 valence electrons. The standard InChI is InChI=1S/C25H27N7O5S/c1-26-23(35)20-17(8-19(30-31-20)29-22(34)14-6-7-14)28-16-5-3-4-15(21(16)37-2)24-27-9-18(38-24)25(36)32-10-13(11-32)12-33/h3-5,8-9,13-14,33H,6-7,10-12H2,1-2H3,(H,26,35)(H2,28,29,30,34)/i1D3. The van der Waals surface area contributed by atoms with E-state index in [1.165, 1.54) is 30.7 Å². The first-order valence-corrected chi connectivity index (χ1v) is 12.7. The van der Waals surface area contributed by atoms with Gasteiger partial charge >= 0.3 is 0 Å². The van der Waals surface area contributed by atoms with Gasteiger partial charge in [-0.3, -0.25) is 14.4 Å². The molecule has 4 N–H and O–H groups in total. The summed E-state index contributed by atoms with van der Waals surface area (Å²) >= 11 is 1.19. The van der Waals surface area contributed by atoms with Crippen LogP contribution in [0.5, 0.6) is 5.75 Å². The predicted molar refractivity (Wildman–Crippen MR) is 141 cm³/mol. The summed E-state index contributed by atoms with van der Waals surface area (Å²) in [5.41, 5.74) is 0.721. The fourth-order valence-corrected chi connectivity index (χ4v) is 4.93. The molecule has 2 aromatic heterocycles. The average molecular weight is 541 g/mol. The molecule has 2 fully saturated rings. The van der Waals surface area contributed by atoms with Crippen LogP contribution < -0.4 is 20.7 Å². The molecule has 0 spiro atoms. The minimum absolute atomic E-state index is 0.0374. The van der Waals surface area contributed by atoms with Gasteiger partial charge in [0.15, 0.2) is 17.3 Å². The Bertz CT molecular complexity index is 1490. The van der Waals surface area contributed by atoms with Crippen molar-refractivity contribution >= 4 is 46.3 Å². The third-order valence-corrected chi connectivity index (χ3v) is 7.28. The molecule has 0 atom stereocenters. The molecule has 1 aliphatic carbocycles. The van der Waals surface area contributed by atoms with E-state index in [1.54, 1.807) is 23.1 Å². The highest BCUT2D eigenvalue weighted by Gasteiger charge is 2.32. The van der Waals surface area contributed by atoms with Gasteiger partial charge in [-0.05, 0) is 25.0 Å². The Morgan fingerprint density at radius 3 is 2.76 bits per heavy atom. The van der Waals surface area contributed by atoms with Gasteiger partial charge in [-0.25, -0.2) is 4.98 Å². The molecule has 0 radical (unpaired) electrons. The van der Waals surface area contributed by atoms with E-state index in [2.05, 4.69) is 25.8 Å². The first kappa shape index (κ1) is 21.9. The minimum atomic E-state index is -2.76. The van der Waals surface area contributed by atoms with E-state index in [4.69, 9.17) is 8.85 Å². The van der Waals surface area contributed by atoms with Crippen LogP contribution in [0.25, 0.3) is 10.6 Å². The third kappa shape index (κ3) is 5.15. The van der Waals surface area contributed by atoms with Gasteiger partial charge in [0.2, 0.25) is 5.91 Å². The number of carbonyl (C=O) groups is 3. The summed E-state index contributed by atoms with van der Waals surface area (Å²) < 4.78 is 27.8. The first-order chi connectivity index (χ1) is 19.6. The number of ether oxygens (including phenoxy) is 1. The molecule has 3 amide bonds. The van der Waals surface area contributed by atoms with Crippen LogP contribution in [0.15, 0.2) is 30.5 Å². The van der Waals surface area contributed by atoms with Gasteiger partial charge < -0.3 is 30.7 Å². The molecule has 13 heteroatoms. The zero-order valence-corrected chi connectivity index (χ0v) is 21.2. The Hall–Kier alpha value is -4.10. The summed E-state index contributed by atoms with van der Waals surface area (Å²) in [6.45, 7) is -1.74. The molecule has 3 heterocycles. The summed E-state index contributed by atoms with van der Waals surface area (Å²) in [5.74, 6) is -0.964. The number of hydrogen-bond donors (Lipinski definition) is 4. The van der Waals surface area contributed by atoms with Crippen molar-refractivity contribution in [3.05, 3.63) is 41.0 Å². The Balaban J connectivity index is 1.44. The highest BCUT2D eigenvalue weighted by molar-refractivity contribution is 7.17. The molecular formula is C25H27N7O5S. The monoisotopic (exact) mass is 540 g/mol. The van der Waals surface area contributed by atoms with Crippen molar-refractivity contribution < 1.29 is 28.3 Å². The minimum Gasteiger partial charge on any atom is -0.494 e. The maximum absolute atomic E-state index is 12.8. The van der Waals surface area contributed by atoms with Gasteiger partial charge in [0.1, 0.15) is 9.88 Å². The summed E-state index contributed by atoms with van der Waals surface area (Å²) in [6.07, 6.45) is 3.05. The van der Waals surface area contributed by atoms with Crippen LogP contribution in [0.1, 0.15) is 37.1 Å². The molecular weight excluding hydrogens is 510 g/mol. The lowest BCUT2D eigenvalue weighted by atomic mass is 10.0. The van der Waals surface area contributed by atoms with Crippen LogP contribution in [0.3, 0.4) is 0 Å². The number of aliphatic hydroxyl groups is 1. The number of amides is 3. The summed E-state index contributed by atoms with van der Waals surface area (Å²) in [6, 6.07) is 6.54. The topological polar surface area (TPSA) is 159 Å². The number of thiazole rings is 1. The van der Waals surface area contributed by atoms with Crippen LogP contribution in [-0.4, -0.2) is 76.7 Å². The highest BCUT2D eigenvalue weighted by Crippen LogP contribution is 2.40. The van der Waals surface area contributed by atoms with Gasteiger partial charge in [0, 0.05) is 48.7 Å². The van der Waals surface area contributed by atoms with Crippen LogP contribution in [-0.2, 0) is 4.79 Å². The average Bonchev–Trinajstić information content (AvgIpc) is 3.63. The number of anilines is 3. The van der Waals surface area contributed by atoms with Gasteiger partial charge in [-0.2, -0.15) is 0 Å². The van der Waals surface area contributed by atoms with E-state index in [1.807, 2.05) is 5.32 Å². The Labute approximate surface area is 226 Å². The molecule has 3 aromatic rings. The largest absolute Gasteiger partial charge is 0.494 e. The van der Waals surface area contributed by atoms with Gasteiger partial charge in [-0.15, -0.1) is 21.5 Å². The van der Waals surface area contributed by atoms with Gasteiger partial charge in [0.25, 0.3) is 11.8 Å². The number of rotatable bonds is 9. The smallest absolute Gasteiger partial charge is 0.273 e. The summed E-state index contributed by atoms with van der Waals surface area (Å²) in [5, 5.41) is 25.1. The van der Waals surface area contributed by atoms with E-state index in [0.29, 0.717) is 40.0 Å². The van der Waals surface area contributed by atoms with E-state index in [0.717, 1.165) is 12.8 Å². The number of aromatic nitrogens is 3. The van der Waals surface area contributed by atoms with Gasteiger partial charge in [-0.1, -0.05) is 6.07 Å². The second kappa shape index (κ2) is 10.7. The molecule has 0 unspecified atom stereocenters. The molecule has 1 aliphatic heterocycles. The molecule has 1 saturated carbocycles. The molecule has 38 heavy (non-hydrogen) atoms. The SMILES string of the molecule is [2H]C([2H])([2H])NC(=O)c1nnc(NC(=O)C2CC2)cc1Nc1cccc(-c2ncc(C(=O)N3CC(CO)C3)s2)c1OC. The van der Waals surface area contributed by atoms with Gasteiger partial charge in [0.05, 0.1) is 30.2 Å². The summed E-state index contributed by atoms with van der Waals surface area (Å²) in [7, 11) is 1.45. The molecule has 5 rings (SSSR count). The third-order valence-electron chi connectivity index (χ3n) is 6.26. The highest BCUT2D eigenvalue weighted by atomic mass is 32.1. The number of carbonyl (C=O) groups excluding carboxylic acids is 3. The lowest BCUT2D eigenvalue weighted by Crippen LogP contribution is -2.51. The number of aliphatic hydroxyl groups excluding tert-OH is 1. The van der Waals surface area contributed by atoms with Crippen molar-refractivity contribution in [1.29, 1.82) is 0 Å². The predicted octanol–water partition coefficient (Wildman–Crippen LogP) is 2.12.